The van der Waals surface area contributed by atoms with Crippen LogP contribution in [0.25, 0.3) is 5.52 Å². The average molecular weight is 510 g/mol. The zero-order valence-corrected chi connectivity index (χ0v) is 20.5. The Hall–Kier alpha value is -2.63. The van der Waals surface area contributed by atoms with Crippen LogP contribution in [0.5, 0.6) is 0 Å². The zero-order valence-electron chi connectivity index (χ0n) is 19.6. The van der Waals surface area contributed by atoms with E-state index in [0.717, 1.165) is 0 Å². The van der Waals surface area contributed by atoms with Gasteiger partial charge in [0.1, 0.15) is 41.8 Å². The topological polar surface area (TPSA) is 193 Å². The number of carbonyl (C=O) groups excluding carboxylic acids is 1. The molecule has 0 radical (unpaired) electrons. The first-order valence-electron chi connectivity index (χ1n) is 10.8. The average Bonchev–Trinajstić information content (AvgIpc) is 3.29. The van der Waals surface area contributed by atoms with Crippen LogP contribution >= 0.6 is 7.75 Å². The van der Waals surface area contributed by atoms with E-state index in [0.29, 0.717) is 5.52 Å². The van der Waals surface area contributed by atoms with Crippen molar-refractivity contribution in [1.29, 1.82) is 5.26 Å². The van der Waals surface area contributed by atoms with Gasteiger partial charge in [-0.15, -0.1) is 0 Å². The van der Waals surface area contributed by atoms with Crippen molar-refractivity contribution >= 4 is 25.1 Å². The fraction of sp³-hybridized carbons (Fsp3) is 0.600. The summed E-state index contributed by atoms with van der Waals surface area (Å²) in [5.74, 6) is -0.471. The lowest BCUT2D eigenvalue weighted by atomic mass is 9.80. The Morgan fingerprint density at radius 1 is 1.43 bits per heavy atom. The van der Waals surface area contributed by atoms with Gasteiger partial charge >= 0.3 is 13.7 Å². The van der Waals surface area contributed by atoms with E-state index in [-0.39, 0.29) is 24.2 Å². The second-order valence-electron chi connectivity index (χ2n) is 8.72. The standard InChI is InChI=1S/C20H27N6O8P/c1-11(2)33-18(27)12(3)25-35(29)31-7-14-16(30-10-32-35)19(4,28)20(8-21,34-14)15-6-5-13-17(22)23-9-24-26(13)15/h5-6,9,11-12,14,16,28H,7,10H2,1-4H3,(H,25,29)(H2,22,23,24)/t12-,14+,16?,19-,20-,35?/m0/s1. The highest BCUT2D eigenvalue weighted by Gasteiger charge is 2.67. The molecule has 4 rings (SSSR count). The molecule has 0 bridgehead atoms. The van der Waals surface area contributed by atoms with Crippen LogP contribution in [-0.4, -0.2) is 69.0 Å². The molecular formula is C20H27N6O8P. The summed E-state index contributed by atoms with van der Waals surface area (Å²) in [4.78, 5) is 16.0. The summed E-state index contributed by atoms with van der Waals surface area (Å²) in [7, 11) is -4.05. The molecule has 0 aliphatic carbocycles. The molecule has 2 saturated heterocycles. The van der Waals surface area contributed by atoms with E-state index in [1.54, 1.807) is 26.0 Å². The number of nitrogen functional groups attached to an aromatic ring is 1. The second-order valence-corrected chi connectivity index (χ2v) is 10.5. The molecule has 14 nitrogen and oxygen atoms in total. The van der Waals surface area contributed by atoms with Gasteiger partial charge in [0, 0.05) is 0 Å². The Morgan fingerprint density at radius 3 is 2.86 bits per heavy atom. The first kappa shape index (κ1) is 25.5. The summed E-state index contributed by atoms with van der Waals surface area (Å²) >= 11 is 0. The molecule has 2 unspecified atom stereocenters. The molecule has 0 aromatic carbocycles. The van der Waals surface area contributed by atoms with Crippen molar-refractivity contribution in [2.24, 2.45) is 0 Å². The minimum absolute atomic E-state index is 0.174. The molecule has 2 fully saturated rings. The number of rotatable bonds is 5. The molecule has 2 aliphatic heterocycles. The fourth-order valence-corrected chi connectivity index (χ4v) is 5.52. The number of hydrogen-bond acceptors (Lipinski definition) is 12. The number of aromatic nitrogens is 3. The van der Waals surface area contributed by atoms with Gasteiger partial charge in [0.25, 0.3) is 0 Å². The Bertz CT molecular complexity index is 1210. The predicted molar refractivity (Wildman–Crippen MR) is 118 cm³/mol. The number of aliphatic hydroxyl groups is 1. The minimum atomic E-state index is -4.05. The highest BCUT2D eigenvalue weighted by Crippen LogP contribution is 2.52. The molecule has 2 aromatic rings. The number of nitrogens with one attached hydrogen (secondary N) is 1. The van der Waals surface area contributed by atoms with Crippen LogP contribution in [-0.2, 0) is 38.2 Å². The monoisotopic (exact) mass is 510 g/mol. The van der Waals surface area contributed by atoms with Crippen LogP contribution in [0, 0.1) is 11.3 Å². The SMILES string of the molecule is CC(C)OC(=O)[C@H](C)NP1(=O)OCOC2[C@@H](CO1)O[C@@](C#N)(c1ccc3c(N)ncnn13)[C@@]2(C)O. The molecule has 0 saturated carbocycles. The summed E-state index contributed by atoms with van der Waals surface area (Å²) in [5.41, 5.74) is 2.63. The lowest BCUT2D eigenvalue weighted by molar-refractivity contribution is -0.151. The van der Waals surface area contributed by atoms with Crippen molar-refractivity contribution in [3.63, 3.8) is 0 Å². The van der Waals surface area contributed by atoms with Crippen LogP contribution in [0.15, 0.2) is 18.5 Å². The summed E-state index contributed by atoms with van der Waals surface area (Å²) in [6.45, 7) is 5.23. The smallest absolute Gasteiger partial charge is 0.408 e. The van der Waals surface area contributed by atoms with Gasteiger partial charge in [0.05, 0.1) is 18.4 Å². The third-order valence-corrected chi connectivity index (χ3v) is 7.51. The summed E-state index contributed by atoms with van der Waals surface area (Å²) in [6, 6.07) is 4.18. The number of esters is 1. The number of nitriles is 1. The summed E-state index contributed by atoms with van der Waals surface area (Å²) in [5, 5.41) is 28.4. The number of carbonyl (C=O) groups is 1. The van der Waals surface area contributed by atoms with E-state index in [4.69, 9.17) is 29.0 Å². The van der Waals surface area contributed by atoms with Gasteiger partial charge in [-0.3, -0.25) is 13.8 Å². The predicted octanol–water partition coefficient (Wildman–Crippen LogP) is 0.607. The number of ether oxygens (including phenoxy) is 3. The molecule has 2 aliphatic rings. The maximum Gasteiger partial charge on any atom is 0.408 e. The number of hydrogen-bond donors (Lipinski definition) is 3. The van der Waals surface area contributed by atoms with E-state index in [1.165, 1.54) is 24.7 Å². The molecule has 190 valence electrons. The van der Waals surface area contributed by atoms with Crippen molar-refractivity contribution in [1.82, 2.24) is 19.7 Å². The molecular weight excluding hydrogens is 483 g/mol. The first-order chi connectivity index (χ1) is 16.4. The molecule has 2 aromatic heterocycles. The van der Waals surface area contributed by atoms with Crippen LogP contribution in [0.2, 0.25) is 0 Å². The molecule has 4 N–H and O–H groups in total. The zero-order chi connectivity index (χ0) is 25.6. The summed E-state index contributed by atoms with van der Waals surface area (Å²) in [6.07, 6.45) is -1.30. The Morgan fingerprint density at radius 2 is 2.17 bits per heavy atom. The molecule has 4 heterocycles. The van der Waals surface area contributed by atoms with Crippen LogP contribution in [0.4, 0.5) is 5.82 Å². The number of fused-ring (bicyclic) bond motifs is 2. The largest absolute Gasteiger partial charge is 0.462 e. The van der Waals surface area contributed by atoms with Crippen LogP contribution in [0.3, 0.4) is 0 Å². The first-order valence-corrected chi connectivity index (χ1v) is 12.4. The Balaban J connectivity index is 1.60. The molecule has 35 heavy (non-hydrogen) atoms. The normalized spacial score (nSPS) is 34.1. The van der Waals surface area contributed by atoms with Crippen molar-refractivity contribution in [2.75, 3.05) is 19.1 Å². The lowest BCUT2D eigenvalue weighted by Crippen LogP contribution is -2.53. The van der Waals surface area contributed by atoms with Gasteiger partial charge in [-0.2, -0.15) is 10.4 Å². The van der Waals surface area contributed by atoms with Crippen molar-refractivity contribution in [3.05, 3.63) is 24.2 Å². The second kappa shape index (κ2) is 9.11. The van der Waals surface area contributed by atoms with E-state index in [1.807, 2.05) is 6.07 Å². The Labute approximate surface area is 200 Å². The number of nitrogens with two attached hydrogens (primary N) is 1. The van der Waals surface area contributed by atoms with E-state index >= 15 is 0 Å². The number of anilines is 1. The van der Waals surface area contributed by atoms with Gasteiger partial charge in [-0.05, 0) is 39.8 Å². The van der Waals surface area contributed by atoms with Gasteiger partial charge in [0.2, 0.25) is 5.60 Å². The van der Waals surface area contributed by atoms with Crippen molar-refractivity contribution in [3.8, 4) is 6.07 Å². The van der Waals surface area contributed by atoms with E-state index in [9.17, 15) is 19.7 Å². The maximum absolute atomic E-state index is 13.2. The molecule has 6 atom stereocenters. The molecule has 0 spiro atoms. The minimum Gasteiger partial charge on any atom is -0.462 e. The third kappa shape index (κ3) is 4.30. The fourth-order valence-electron chi connectivity index (χ4n) is 4.18. The lowest BCUT2D eigenvalue weighted by Gasteiger charge is -2.35. The van der Waals surface area contributed by atoms with Gasteiger partial charge in [-0.1, -0.05) is 0 Å². The number of nitrogens with zero attached hydrogens (tertiary/aromatic N) is 4. The van der Waals surface area contributed by atoms with Crippen molar-refractivity contribution < 1.29 is 37.7 Å². The molecule has 0 amide bonds. The maximum atomic E-state index is 13.2. The highest BCUT2D eigenvalue weighted by atomic mass is 31.2. The van der Waals surface area contributed by atoms with Crippen LogP contribution in [0.1, 0.15) is 33.4 Å². The van der Waals surface area contributed by atoms with Gasteiger partial charge in [-0.25, -0.2) is 19.2 Å². The van der Waals surface area contributed by atoms with Gasteiger partial charge < -0.3 is 25.1 Å². The Kier molecular flexibility index (Phi) is 6.62. The van der Waals surface area contributed by atoms with Gasteiger partial charge in [0.15, 0.2) is 12.6 Å². The highest BCUT2D eigenvalue weighted by molar-refractivity contribution is 7.51. The van der Waals surface area contributed by atoms with Crippen molar-refractivity contribution in [2.45, 2.75) is 63.3 Å². The molecule has 15 heteroatoms. The van der Waals surface area contributed by atoms with Crippen LogP contribution < -0.4 is 10.8 Å². The third-order valence-electron chi connectivity index (χ3n) is 5.87. The van der Waals surface area contributed by atoms with E-state index < -0.39 is 50.0 Å². The quantitative estimate of drug-likeness (QED) is 0.374. The summed E-state index contributed by atoms with van der Waals surface area (Å²) < 4.78 is 42.2. The van der Waals surface area contributed by atoms with E-state index in [2.05, 4.69) is 15.2 Å².